The quantitative estimate of drug-likeness (QED) is 0.0640. The van der Waals surface area contributed by atoms with Crippen LogP contribution in [0, 0.1) is 0 Å². The highest BCUT2D eigenvalue weighted by molar-refractivity contribution is 9.09. The van der Waals surface area contributed by atoms with Gasteiger partial charge in [0.1, 0.15) is 11.7 Å². The van der Waals surface area contributed by atoms with Crippen LogP contribution in [0.15, 0.2) is 140 Å². The van der Waals surface area contributed by atoms with Crippen molar-refractivity contribution in [3.05, 3.63) is 190 Å². The van der Waals surface area contributed by atoms with E-state index >= 15 is 0 Å². The summed E-state index contributed by atoms with van der Waals surface area (Å²) in [6.07, 6.45) is -52.7. The van der Waals surface area contributed by atoms with Gasteiger partial charge < -0.3 is 4.74 Å². The van der Waals surface area contributed by atoms with Crippen LogP contribution in [0.4, 0.5) is 105 Å². The Kier molecular flexibility index (Phi) is 16.2. The fraction of sp³-hybridized carbons (Fsp3) is 0.204. The summed E-state index contributed by atoms with van der Waals surface area (Å²) >= 11 is 3.36. The summed E-state index contributed by atoms with van der Waals surface area (Å²) in [4.78, 5) is 0. The van der Waals surface area contributed by atoms with E-state index in [0.717, 1.165) is 17.8 Å². The number of fused-ring (bicyclic) bond motifs is 1. The van der Waals surface area contributed by atoms with Crippen LogP contribution in [0.5, 0.6) is 5.88 Å². The van der Waals surface area contributed by atoms with Gasteiger partial charge in [-0.1, -0.05) is 97.1 Å². The monoisotopic (exact) mass is 1190 g/mol. The van der Waals surface area contributed by atoms with Crippen LogP contribution in [-0.2, 0) is 56.0 Å². The Bertz CT molecular complexity index is 2810. The van der Waals surface area contributed by atoms with Crippen LogP contribution >= 0.6 is 15.9 Å². The summed E-state index contributed by atoms with van der Waals surface area (Å²) in [5.74, 6) is 0.892. The summed E-state index contributed by atoms with van der Waals surface area (Å²) in [5.41, 5.74) is -28.5. The maximum Gasteiger partial charge on any atom is 0.416 e. The number of alkyl halides is 25. The molecule has 2 nitrogen and oxygen atoms in total. The van der Waals surface area contributed by atoms with E-state index in [0.29, 0.717) is 5.52 Å². The minimum Gasteiger partial charge on any atom is -0.432 e. The van der Waals surface area contributed by atoms with Crippen molar-refractivity contribution in [3.63, 3.8) is 0 Å². The molecule has 7 aromatic rings. The average Bonchev–Trinajstić information content (AvgIpc) is 3.30. The first kappa shape index (κ1) is 59.6. The zero-order valence-electron chi connectivity index (χ0n) is 37.6. The summed E-state index contributed by atoms with van der Waals surface area (Å²) in [5, 5.41) is 2.32. The molecular weight excluding hydrogens is 1170 g/mol. The van der Waals surface area contributed by atoms with Gasteiger partial charge in [0.25, 0.3) is 0 Å². The second kappa shape index (κ2) is 21.0. The molecule has 0 atom stereocenters. The lowest BCUT2D eigenvalue weighted by Gasteiger charge is -2.46. The molecule has 0 unspecified atom stereocenters. The van der Waals surface area contributed by atoms with E-state index in [-0.39, 0.29) is 0 Å². The van der Waals surface area contributed by atoms with Gasteiger partial charge in [-0.15, -0.1) is 0 Å². The smallest absolute Gasteiger partial charge is 0.416 e. The van der Waals surface area contributed by atoms with E-state index in [9.17, 15) is 105 Å². The van der Waals surface area contributed by atoms with Gasteiger partial charge in [0, 0.05) is 11.6 Å². The van der Waals surface area contributed by atoms with Gasteiger partial charge >= 0.3 is 55.3 Å². The molecule has 0 aliphatic carbocycles. The molecular formula is C49H27BBrF24NO. The van der Waals surface area contributed by atoms with E-state index in [1.807, 2.05) is 18.2 Å². The second-order valence-corrected chi connectivity index (χ2v) is 17.3. The molecule has 0 bridgehead atoms. The highest BCUT2D eigenvalue weighted by atomic mass is 79.9. The summed E-state index contributed by atoms with van der Waals surface area (Å²) < 4.78 is 349. The molecule has 412 valence electrons. The zero-order chi connectivity index (χ0) is 57.7. The van der Waals surface area contributed by atoms with Crippen molar-refractivity contribution in [3.8, 4) is 5.88 Å². The van der Waals surface area contributed by atoms with E-state index in [4.69, 9.17) is 4.74 Å². The third-order valence-corrected chi connectivity index (χ3v) is 11.9. The van der Waals surface area contributed by atoms with Crippen molar-refractivity contribution in [2.75, 3.05) is 5.52 Å². The Morgan fingerprint density at radius 2 is 0.623 bits per heavy atom. The van der Waals surface area contributed by atoms with Gasteiger partial charge in [0.2, 0.25) is 0 Å². The normalized spacial score (nSPS) is 13.4. The second-order valence-electron chi connectivity index (χ2n) is 16.8. The fourth-order valence-electron chi connectivity index (χ4n) is 8.42. The highest BCUT2D eigenvalue weighted by Crippen LogP contribution is 2.41. The third-order valence-electron chi connectivity index (χ3n) is 11.7. The molecule has 0 fully saturated rings. The molecule has 0 amide bonds. The standard InChI is InChI=1S/C32H12BF24.C17H15BrNO/c34-25(35,36)13-1-14(26(37,38)39)6-21(5-13)33(22-7-15(27(40,41)42)2-16(8-22)28(43,44)45,23-9-17(29(46,47)48)3-18(10-23)30(49,50)51)24-11-19(31(52,53)54)4-20(12-24)32(55,56)57;18-13-20-17-16-9-5-4-8-15(16)10-11-19(17)12-14-6-2-1-3-7-14/h1-12H;1-11H,12-13H2/q-1;+1. The lowest BCUT2D eigenvalue weighted by Crippen LogP contribution is -2.75. The van der Waals surface area contributed by atoms with E-state index < -0.39 is 195 Å². The minimum absolute atomic E-state index is 0.482. The molecule has 77 heavy (non-hydrogen) atoms. The average molecular weight is 1190 g/mol. The molecule has 0 N–H and O–H groups in total. The Morgan fingerprint density at radius 1 is 0.351 bits per heavy atom. The molecule has 1 heterocycles. The fourth-order valence-corrected chi connectivity index (χ4v) is 8.63. The van der Waals surface area contributed by atoms with E-state index in [1.165, 1.54) is 10.9 Å². The molecule has 1 aromatic heterocycles. The minimum atomic E-state index is -6.13. The van der Waals surface area contributed by atoms with Gasteiger partial charge in [-0.3, -0.25) is 0 Å². The molecule has 0 spiro atoms. The van der Waals surface area contributed by atoms with Gasteiger partial charge in [-0.2, -0.15) is 132 Å². The summed E-state index contributed by atoms with van der Waals surface area (Å²) in [6, 6.07) is 12.0. The number of hydrogen-bond acceptors (Lipinski definition) is 1. The first-order valence-electron chi connectivity index (χ1n) is 21.1. The van der Waals surface area contributed by atoms with Gasteiger partial charge in [-0.05, 0) is 51.6 Å². The SMILES string of the molecule is BrCOc1c2ccccc2cc[n+]1Cc1ccccc1.FC(F)(F)c1cc([B-](c2cc(C(F)(F)F)cc(C(F)(F)F)c2)(c2cc(C(F)(F)F)cc(C(F)(F)F)c2)c2cc(C(F)(F)F)cc(C(F)(F)F)c2)cc(C(F)(F)F)c1. The molecule has 0 radical (unpaired) electrons. The number of hydrogen-bond donors (Lipinski definition) is 0. The van der Waals surface area contributed by atoms with Crippen molar-refractivity contribution < 1.29 is 115 Å². The number of benzene rings is 6. The molecule has 0 saturated heterocycles. The zero-order valence-corrected chi connectivity index (χ0v) is 39.2. The van der Waals surface area contributed by atoms with Gasteiger partial charge in [-0.25, -0.2) is 0 Å². The molecule has 0 aliphatic heterocycles. The summed E-state index contributed by atoms with van der Waals surface area (Å²) in [6.45, 7) is 0.800. The Labute approximate surface area is 425 Å². The Hall–Kier alpha value is -6.61. The van der Waals surface area contributed by atoms with Crippen molar-refractivity contribution in [1.29, 1.82) is 0 Å². The van der Waals surface area contributed by atoms with Crippen LogP contribution < -0.4 is 31.2 Å². The molecule has 28 heteroatoms. The molecule has 0 saturated carbocycles. The van der Waals surface area contributed by atoms with Crippen molar-refractivity contribution in [2.45, 2.75) is 56.0 Å². The maximum atomic E-state index is 14.2. The number of aromatic nitrogens is 1. The van der Waals surface area contributed by atoms with Crippen LogP contribution in [0.25, 0.3) is 10.8 Å². The van der Waals surface area contributed by atoms with Crippen LogP contribution in [0.1, 0.15) is 50.1 Å². The lowest BCUT2D eigenvalue weighted by atomic mass is 9.12. The molecule has 6 aromatic carbocycles. The largest absolute Gasteiger partial charge is 0.432 e. The number of pyridine rings is 1. The Morgan fingerprint density at radius 3 is 0.896 bits per heavy atom. The van der Waals surface area contributed by atoms with Crippen LogP contribution in [0.2, 0.25) is 0 Å². The third kappa shape index (κ3) is 13.6. The van der Waals surface area contributed by atoms with Crippen molar-refractivity contribution >= 4 is 54.7 Å². The van der Waals surface area contributed by atoms with Crippen molar-refractivity contribution in [2.24, 2.45) is 0 Å². The molecule has 0 aliphatic rings. The first-order valence-corrected chi connectivity index (χ1v) is 22.3. The number of nitrogens with zero attached hydrogens (tertiary/aromatic N) is 1. The van der Waals surface area contributed by atoms with E-state index in [2.05, 4.69) is 69.2 Å². The Balaban J connectivity index is 0.000000397. The van der Waals surface area contributed by atoms with Crippen LogP contribution in [-0.4, -0.2) is 11.7 Å². The predicted molar refractivity (Wildman–Crippen MR) is 234 cm³/mol. The maximum absolute atomic E-state index is 14.2. The topological polar surface area (TPSA) is 13.1 Å². The first-order chi connectivity index (χ1) is 35.1. The predicted octanol–water partition coefficient (Wildman–Crippen LogP) is 15.1. The van der Waals surface area contributed by atoms with Crippen molar-refractivity contribution in [1.82, 2.24) is 0 Å². The number of ether oxygens (including phenoxy) is 1. The highest BCUT2D eigenvalue weighted by Gasteiger charge is 2.47. The van der Waals surface area contributed by atoms with Crippen LogP contribution in [0.3, 0.4) is 0 Å². The van der Waals surface area contributed by atoms with Gasteiger partial charge in [0.05, 0.1) is 49.9 Å². The summed E-state index contributed by atoms with van der Waals surface area (Å²) in [7, 11) is 0. The lowest BCUT2D eigenvalue weighted by molar-refractivity contribution is -0.691. The van der Waals surface area contributed by atoms with E-state index in [1.54, 1.807) is 0 Å². The number of rotatable bonds is 8. The molecule has 7 rings (SSSR count). The van der Waals surface area contributed by atoms with Gasteiger partial charge in [0.15, 0.2) is 12.7 Å². The number of halogens is 25.